The monoisotopic (exact) mass is 297 g/mol. The van der Waals surface area contributed by atoms with Crippen molar-refractivity contribution in [1.29, 1.82) is 0 Å². The number of aliphatic carboxylic acids is 1. The van der Waals surface area contributed by atoms with Crippen molar-refractivity contribution in [2.24, 2.45) is 0 Å². The van der Waals surface area contributed by atoms with Crippen molar-refractivity contribution in [2.45, 2.75) is 44.7 Å². The summed E-state index contributed by atoms with van der Waals surface area (Å²) in [6, 6.07) is -0.835. The molecule has 2 saturated heterocycles. The lowest BCUT2D eigenvalue weighted by Crippen LogP contribution is -2.67. The number of rotatable bonds is 2. The molecule has 1 atom stereocenters. The summed E-state index contributed by atoms with van der Waals surface area (Å²) in [6.45, 7) is 3.37. The zero-order valence-electron chi connectivity index (χ0n) is 12.1. The van der Waals surface area contributed by atoms with Crippen molar-refractivity contribution in [2.75, 3.05) is 13.1 Å². The highest BCUT2D eigenvalue weighted by Crippen LogP contribution is 2.26. The van der Waals surface area contributed by atoms with Gasteiger partial charge in [0, 0.05) is 12.6 Å². The molecule has 21 heavy (non-hydrogen) atoms. The molecule has 2 rings (SSSR count). The third-order valence-electron chi connectivity index (χ3n) is 4.05. The predicted octanol–water partition coefficient (Wildman–Crippen LogP) is -0.217. The van der Waals surface area contributed by atoms with Crippen LogP contribution in [0.5, 0.6) is 0 Å². The number of likely N-dealkylation sites (tertiary alicyclic amines) is 1. The fraction of sp³-hybridized carbons (Fsp3) is 0.692. The predicted molar refractivity (Wildman–Crippen MR) is 71.3 cm³/mol. The van der Waals surface area contributed by atoms with E-state index in [9.17, 15) is 19.2 Å². The van der Waals surface area contributed by atoms with Gasteiger partial charge in [-0.15, -0.1) is 0 Å². The lowest BCUT2D eigenvalue weighted by atomic mass is 9.99. The molecule has 2 N–H and O–H groups in total. The van der Waals surface area contributed by atoms with E-state index in [0.717, 1.165) is 6.42 Å². The minimum absolute atomic E-state index is 0.125. The molecule has 2 aliphatic rings. The molecular formula is C13H19N3O5. The molecule has 0 saturated carbocycles. The van der Waals surface area contributed by atoms with E-state index in [2.05, 4.69) is 5.32 Å². The van der Waals surface area contributed by atoms with Crippen molar-refractivity contribution < 1.29 is 24.3 Å². The van der Waals surface area contributed by atoms with Gasteiger partial charge in [-0.2, -0.15) is 0 Å². The van der Waals surface area contributed by atoms with Gasteiger partial charge in [-0.05, 0) is 26.7 Å². The SMILES string of the molecule is CC1(C)C(=O)NC(=O)CN1C(=O)N1CCCC1CC(=O)O. The molecular weight excluding hydrogens is 278 g/mol. The van der Waals surface area contributed by atoms with Crippen molar-refractivity contribution in [3.63, 3.8) is 0 Å². The van der Waals surface area contributed by atoms with Gasteiger partial charge in [-0.25, -0.2) is 4.79 Å². The molecule has 8 nitrogen and oxygen atoms in total. The minimum atomic E-state index is -1.14. The first-order valence-corrected chi connectivity index (χ1v) is 6.88. The van der Waals surface area contributed by atoms with Gasteiger partial charge in [0.05, 0.1) is 6.42 Å². The molecule has 116 valence electrons. The fourth-order valence-corrected chi connectivity index (χ4v) is 2.75. The largest absolute Gasteiger partial charge is 0.481 e. The van der Waals surface area contributed by atoms with E-state index in [4.69, 9.17) is 5.11 Å². The zero-order valence-corrected chi connectivity index (χ0v) is 12.1. The normalized spacial score (nSPS) is 25.0. The quantitative estimate of drug-likeness (QED) is 0.685. The Morgan fingerprint density at radius 2 is 2.05 bits per heavy atom. The molecule has 8 heteroatoms. The second-order valence-electron chi connectivity index (χ2n) is 5.89. The number of carboxylic acid groups (broad SMARTS) is 1. The van der Waals surface area contributed by atoms with Gasteiger partial charge in [0.25, 0.3) is 5.91 Å². The Bertz CT molecular complexity index is 502. The maximum Gasteiger partial charge on any atom is 0.321 e. The molecule has 2 heterocycles. The van der Waals surface area contributed by atoms with E-state index in [-0.39, 0.29) is 19.0 Å². The number of urea groups is 1. The van der Waals surface area contributed by atoms with Crippen LogP contribution in [0.2, 0.25) is 0 Å². The third-order valence-corrected chi connectivity index (χ3v) is 4.05. The third kappa shape index (κ3) is 2.84. The number of nitrogens with one attached hydrogen (secondary N) is 1. The molecule has 0 spiro atoms. The van der Waals surface area contributed by atoms with Crippen molar-refractivity contribution in [3.8, 4) is 0 Å². The van der Waals surface area contributed by atoms with Gasteiger partial charge in [-0.1, -0.05) is 0 Å². The van der Waals surface area contributed by atoms with E-state index in [0.29, 0.717) is 13.0 Å². The van der Waals surface area contributed by atoms with Gasteiger partial charge >= 0.3 is 12.0 Å². The molecule has 0 aromatic heterocycles. The number of carboxylic acids is 1. The van der Waals surface area contributed by atoms with Crippen LogP contribution in [-0.2, 0) is 14.4 Å². The topological polar surface area (TPSA) is 107 Å². The number of imide groups is 1. The second kappa shape index (κ2) is 5.34. The maximum atomic E-state index is 12.6. The number of hydrogen-bond acceptors (Lipinski definition) is 4. The Kier molecular flexibility index (Phi) is 3.89. The molecule has 2 fully saturated rings. The summed E-state index contributed by atoms with van der Waals surface area (Å²) in [7, 11) is 0. The average Bonchev–Trinajstić information content (AvgIpc) is 2.80. The molecule has 0 radical (unpaired) electrons. The van der Waals surface area contributed by atoms with Crippen LogP contribution in [0.1, 0.15) is 33.1 Å². The minimum Gasteiger partial charge on any atom is -0.481 e. The smallest absolute Gasteiger partial charge is 0.321 e. The molecule has 1 unspecified atom stereocenters. The van der Waals surface area contributed by atoms with Gasteiger partial charge in [0.15, 0.2) is 0 Å². The Hall–Kier alpha value is -2.12. The zero-order chi connectivity index (χ0) is 15.8. The van der Waals surface area contributed by atoms with Crippen molar-refractivity contribution in [3.05, 3.63) is 0 Å². The fourth-order valence-electron chi connectivity index (χ4n) is 2.75. The van der Waals surface area contributed by atoms with Gasteiger partial charge in [0.1, 0.15) is 12.1 Å². The Labute approximate surface area is 122 Å². The van der Waals surface area contributed by atoms with Crippen LogP contribution in [0.15, 0.2) is 0 Å². The van der Waals surface area contributed by atoms with E-state index in [1.54, 1.807) is 13.8 Å². The van der Waals surface area contributed by atoms with E-state index in [1.165, 1.54) is 9.80 Å². The first kappa shape index (κ1) is 15.3. The highest BCUT2D eigenvalue weighted by atomic mass is 16.4. The molecule has 0 bridgehead atoms. The van der Waals surface area contributed by atoms with Crippen LogP contribution in [-0.4, -0.2) is 63.4 Å². The van der Waals surface area contributed by atoms with Gasteiger partial charge in [0.2, 0.25) is 5.91 Å². The van der Waals surface area contributed by atoms with Gasteiger partial charge < -0.3 is 14.9 Å². The van der Waals surface area contributed by atoms with Crippen molar-refractivity contribution >= 4 is 23.8 Å². The van der Waals surface area contributed by atoms with Crippen LogP contribution in [0.3, 0.4) is 0 Å². The summed E-state index contributed by atoms with van der Waals surface area (Å²) in [5.74, 6) is -2.02. The molecule has 0 aromatic carbocycles. The van der Waals surface area contributed by atoms with Crippen LogP contribution in [0.25, 0.3) is 0 Å². The number of nitrogens with zero attached hydrogens (tertiary/aromatic N) is 2. The Morgan fingerprint density at radius 1 is 1.38 bits per heavy atom. The first-order chi connectivity index (χ1) is 9.73. The summed E-state index contributed by atoms with van der Waals surface area (Å²) in [4.78, 5) is 49.6. The number of carbonyl (C=O) groups is 4. The van der Waals surface area contributed by atoms with Crippen LogP contribution in [0, 0.1) is 0 Å². The Balaban J connectivity index is 2.19. The first-order valence-electron chi connectivity index (χ1n) is 6.88. The number of piperazine rings is 1. The number of carbonyl (C=O) groups excluding carboxylic acids is 3. The number of amides is 4. The van der Waals surface area contributed by atoms with E-state index >= 15 is 0 Å². The summed E-state index contributed by atoms with van der Waals surface area (Å²) in [6.07, 6.45) is 1.21. The molecule has 0 aromatic rings. The standard InChI is InChI=1S/C13H19N3O5/c1-13(2)11(20)14-9(17)7-16(13)12(21)15-5-3-4-8(15)6-10(18)19/h8H,3-7H2,1-2H3,(H,18,19)(H,14,17,20). The molecule has 0 aliphatic carbocycles. The van der Waals surface area contributed by atoms with Crippen LogP contribution >= 0.6 is 0 Å². The average molecular weight is 297 g/mol. The van der Waals surface area contributed by atoms with Gasteiger partial charge in [-0.3, -0.25) is 19.7 Å². The highest BCUT2D eigenvalue weighted by molar-refractivity contribution is 6.06. The highest BCUT2D eigenvalue weighted by Gasteiger charge is 2.46. The lowest BCUT2D eigenvalue weighted by molar-refractivity contribution is -0.144. The second-order valence-corrected chi connectivity index (χ2v) is 5.89. The van der Waals surface area contributed by atoms with Crippen molar-refractivity contribution in [1.82, 2.24) is 15.1 Å². The van der Waals surface area contributed by atoms with E-state index < -0.39 is 29.4 Å². The summed E-state index contributed by atoms with van der Waals surface area (Å²) in [5, 5.41) is 11.1. The molecule has 4 amide bonds. The van der Waals surface area contributed by atoms with E-state index in [1.807, 2.05) is 0 Å². The number of hydrogen-bond donors (Lipinski definition) is 2. The lowest BCUT2D eigenvalue weighted by Gasteiger charge is -2.42. The maximum absolute atomic E-state index is 12.6. The van der Waals surface area contributed by atoms with Crippen LogP contribution < -0.4 is 5.32 Å². The summed E-state index contributed by atoms with van der Waals surface area (Å²) < 4.78 is 0. The van der Waals surface area contributed by atoms with Crippen LogP contribution in [0.4, 0.5) is 4.79 Å². The summed E-state index contributed by atoms with van der Waals surface area (Å²) >= 11 is 0. The molecule has 2 aliphatic heterocycles. The Morgan fingerprint density at radius 3 is 2.67 bits per heavy atom. The summed E-state index contributed by atoms with van der Waals surface area (Å²) in [5.41, 5.74) is -1.14.